The first kappa shape index (κ1) is 15.6. The molecular weight excluding hydrogens is 361 g/mol. The van der Waals surface area contributed by atoms with E-state index < -0.39 is 5.82 Å². The quantitative estimate of drug-likeness (QED) is 0.329. The smallest absolute Gasteiger partial charge is 0.170 e. The highest BCUT2D eigenvalue weighted by molar-refractivity contribution is 9.10. The lowest BCUT2D eigenvalue weighted by atomic mass is 10.1. The highest BCUT2D eigenvalue weighted by Gasteiger charge is 2.07. The summed E-state index contributed by atoms with van der Waals surface area (Å²) in [6, 6.07) is 9.69. The Morgan fingerprint density at radius 2 is 2.10 bits per heavy atom. The van der Waals surface area contributed by atoms with Gasteiger partial charge in [-0.05, 0) is 40.2 Å². The fourth-order valence-corrected chi connectivity index (χ4v) is 2.55. The largest absolute Gasteiger partial charge is 0.409 e. The molecule has 0 fully saturated rings. The minimum Gasteiger partial charge on any atom is -0.409 e. The number of hydrogen-bond acceptors (Lipinski definition) is 3. The van der Waals surface area contributed by atoms with Gasteiger partial charge in [0, 0.05) is 32.9 Å². The summed E-state index contributed by atoms with van der Waals surface area (Å²) in [6.07, 6.45) is 0. The van der Waals surface area contributed by atoms with E-state index in [-0.39, 0.29) is 5.84 Å². The van der Waals surface area contributed by atoms with E-state index in [0.717, 1.165) is 10.2 Å². The van der Waals surface area contributed by atoms with Gasteiger partial charge in [-0.25, -0.2) is 4.39 Å². The van der Waals surface area contributed by atoms with Crippen molar-refractivity contribution in [2.24, 2.45) is 10.9 Å². The Labute approximate surface area is 134 Å². The molecule has 0 saturated heterocycles. The van der Waals surface area contributed by atoms with Crippen LogP contribution in [0.15, 0.2) is 46.0 Å². The van der Waals surface area contributed by atoms with E-state index in [0.29, 0.717) is 22.7 Å². The van der Waals surface area contributed by atoms with Crippen LogP contribution in [0.5, 0.6) is 0 Å². The van der Waals surface area contributed by atoms with Crippen LogP contribution in [0.4, 0.5) is 10.1 Å². The number of amidine groups is 1. The van der Waals surface area contributed by atoms with Gasteiger partial charge in [-0.15, -0.1) is 0 Å². The Morgan fingerprint density at radius 1 is 1.33 bits per heavy atom. The predicted octanol–water partition coefficient (Wildman–Crippen LogP) is 3.95. The lowest BCUT2D eigenvalue weighted by molar-refractivity contribution is 0.318. The lowest BCUT2D eigenvalue weighted by Gasteiger charge is -2.10. The first-order chi connectivity index (χ1) is 10.0. The number of benzene rings is 2. The van der Waals surface area contributed by atoms with Crippen LogP contribution in [0.1, 0.15) is 11.1 Å². The fourth-order valence-electron chi connectivity index (χ4n) is 1.73. The van der Waals surface area contributed by atoms with Gasteiger partial charge in [0.05, 0.1) is 0 Å². The van der Waals surface area contributed by atoms with Crippen LogP contribution in [0.25, 0.3) is 0 Å². The number of oxime groups is 1. The van der Waals surface area contributed by atoms with E-state index in [4.69, 9.17) is 22.5 Å². The predicted molar refractivity (Wildman–Crippen MR) is 85.4 cm³/mol. The molecule has 4 N–H and O–H groups in total. The average molecular weight is 373 g/mol. The van der Waals surface area contributed by atoms with Crippen LogP contribution in [0.2, 0.25) is 5.02 Å². The molecule has 110 valence electrons. The molecule has 0 aromatic heterocycles. The van der Waals surface area contributed by atoms with E-state index in [1.54, 1.807) is 30.3 Å². The van der Waals surface area contributed by atoms with Crippen LogP contribution in [0, 0.1) is 5.82 Å². The summed E-state index contributed by atoms with van der Waals surface area (Å²) in [7, 11) is 0. The molecule has 0 spiro atoms. The van der Waals surface area contributed by atoms with E-state index in [1.807, 2.05) is 0 Å². The van der Waals surface area contributed by atoms with Crippen LogP contribution in [0.3, 0.4) is 0 Å². The molecule has 0 unspecified atom stereocenters. The number of hydrogen-bond donors (Lipinski definition) is 3. The molecule has 0 heterocycles. The van der Waals surface area contributed by atoms with Crippen molar-refractivity contribution in [2.75, 3.05) is 5.32 Å². The number of halogens is 3. The van der Waals surface area contributed by atoms with Gasteiger partial charge in [-0.1, -0.05) is 28.9 Å². The third kappa shape index (κ3) is 3.86. The van der Waals surface area contributed by atoms with Gasteiger partial charge in [0.25, 0.3) is 0 Å². The van der Waals surface area contributed by atoms with Crippen molar-refractivity contribution in [1.29, 1.82) is 0 Å². The summed E-state index contributed by atoms with van der Waals surface area (Å²) >= 11 is 9.24. The Kier molecular flexibility index (Phi) is 5.03. The third-order valence-corrected chi connectivity index (χ3v) is 3.75. The second-order valence-corrected chi connectivity index (χ2v) is 5.56. The van der Waals surface area contributed by atoms with Crippen LogP contribution < -0.4 is 11.1 Å². The van der Waals surface area contributed by atoms with Crippen molar-refractivity contribution in [1.82, 2.24) is 0 Å². The minimum atomic E-state index is -0.434. The van der Waals surface area contributed by atoms with E-state index in [2.05, 4.69) is 26.4 Å². The van der Waals surface area contributed by atoms with Crippen molar-refractivity contribution >= 4 is 39.1 Å². The third-order valence-electron chi connectivity index (χ3n) is 2.86. The highest BCUT2D eigenvalue weighted by Crippen LogP contribution is 2.26. The summed E-state index contributed by atoms with van der Waals surface area (Å²) in [6.45, 7) is 0.294. The molecule has 0 aliphatic heterocycles. The van der Waals surface area contributed by atoms with E-state index >= 15 is 0 Å². The van der Waals surface area contributed by atoms with Crippen molar-refractivity contribution in [3.8, 4) is 0 Å². The van der Waals surface area contributed by atoms with E-state index in [1.165, 1.54) is 6.07 Å². The molecule has 2 aromatic rings. The molecule has 0 aliphatic rings. The molecular formula is C14H12BrClFN3O. The maximum absolute atomic E-state index is 13.9. The Bertz CT molecular complexity index is 694. The fraction of sp³-hybridized carbons (Fsp3) is 0.0714. The second kappa shape index (κ2) is 6.78. The van der Waals surface area contributed by atoms with Crippen molar-refractivity contribution in [2.45, 2.75) is 6.54 Å². The standard InChI is InChI=1S/C14H12BrClFN3O/c15-11-6-10(16)3-4-13(11)19-7-9-2-1-8(5-12(9)17)14(18)20-21/h1-6,19,21H,7H2,(H2,18,20). The summed E-state index contributed by atoms with van der Waals surface area (Å²) in [4.78, 5) is 0. The zero-order valence-corrected chi connectivity index (χ0v) is 13.1. The van der Waals surface area contributed by atoms with Gasteiger partial charge >= 0.3 is 0 Å². The number of anilines is 1. The number of nitrogens with two attached hydrogens (primary N) is 1. The Balaban J connectivity index is 2.13. The number of nitrogens with zero attached hydrogens (tertiary/aromatic N) is 1. The molecule has 0 saturated carbocycles. The van der Waals surface area contributed by atoms with Gasteiger partial charge in [-0.2, -0.15) is 0 Å². The van der Waals surface area contributed by atoms with Gasteiger partial charge in [0.2, 0.25) is 0 Å². The van der Waals surface area contributed by atoms with Gasteiger partial charge in [-0.3, -0.25) is 0 Å². The SMILES string of the molecule is N/C(=N/O)c1ccc(CNc2ccc(Cl)cc2Br)c(F)c1. The van der Waals surface area contributed by atoms with Crippen LogP contribution >= 0.6 is 27.5 Å². The molecule has 0 aliphatic carbocycles. The molecule has 4 nitrogen and oxygen atoms in total. The first-order valence-electron chi connectivity index (χ1n) is 5.96. The minimum absolute atomic E-state index is 0.131. The van der Waals surface area contributed by atoms with E-state index in [9.17, 15) is 4.39 Å². The summed E-state index contributed by atoms with van der Waals surface area (Å²) < 4.78 is 14.7. The average Bonchev–Trinajstić information content (AvgIpc) is 2.46. The van der Waals surface area contributed by atoms with Crippen molar-refractivity contribution in [3.05, 3.63) is 62.8 Å². The highest BCUT2D eigenvalue weighted by atomic mass is 79.9. The summed E-state index contributed by atoms with van der Waals surface area (Å²) in [5, 5.41) is 15.1. The second-order valence-electron chi connectivity index (χ2n) is 4.27. The number of nitrogens with one attached hydrogen (secondary N) is 1. The molecule has 2 rings (SSSR count). The van der Waals surface area contributed by atoms with Gasteiger partial charge in [0.15, 0.2) is 5.84 Å². The molecule has 7 heteroatoms. The summed E-state index contributed by atoms with van der Waals surface area (Å²) in [5.41, 5.74) is 7.01. The maximum atomic E-state index is 13.9. The zero-order valence-electron chi connectivity index (χ0n) is 10.8. The molecule has 2 aromatic carbocycles. The molecule has 0 atom stereocenters. The maximum Gasteiger partial charge on any atom is 0.170 e. The molecule has 0 amide bonds. The topological polar surface area (TPSA) is 70.6 Å². The first-order valence-corrected chi connectivity index (χ1v) is 7.13. The Morgan fingerprint density at radius 3 is 2.71 bits per heavy atom. The van der Waals surface area contributed by atoms with Crippen molar-refractivity contribution in [3.63, 3.8) is 0 Å². The lowest BCUT2D eigenvalue weighted by Crippen LogP contribution is -2.14. The molecule has 0 radical (unpaired) electrons. The van der Waals surface area contributed by atoms with Crippen molar-refractivity contribution < 1.29 is 9.60 Å². The van der Waals surface area contributed by atoms with Gasteiger partial charge in [0.1, 0.15) is 5.82 Å². The molecule has 0 bridgehead atoms. The van der Waals surface area contributed by atoms with Crippen LogP contribution in [-0.2, 0) is 6.54 Å². The van der Waals surface area contributed by atoms with Crippen LogP contribution in [-0.4, -0.2) is 11.0 Å². The number of rotatable bonds is 4. The molecule has 21 heavy (non-hydrogen) atoms. The monoisotopic (exact) mass is 371 g/mol. The Hall–Kier alpha value is -1.79. The zero-order chi connectivity index (χ0) is 15.4. The normalized spacial score (nSPS) is 11.5. The summed E-state index contributed by atoms with van der Waals surface area (Å²) in [5.74, 6) is -0.564. The van der Waals surface area contributed by atoms with Gasteiger partial charge < -0.3 is 16.3 Å².